The molecule has 1 aromatic rings. The number of carbonyl (C=O) groups is 2. The highest BCUT2D eigenvalue weighted by molar-refractivity contribution is 5.97. The number of halogens is 3. The minimum atomic E-state index is -4.50. The van der Waals surface area contributed by atoms with Crippen LogP contribution in [0.15, 0.2) is 35.9 Å². The standard InChI is InChI=1S/C18H21F3N4O2/c19-18(20,21)13-4-3-5-14(8-13)24-10-12(15(22)26)9-17(11-24,16(23)27)25-6-1-2-7-25/h3-5,8-9H,1-2,6-7,10-11H2,(H2,22,26)(H2,23,27). The molecule has 0 aromatic heterocycles. The number of alkyl halides is 3. The molecule has 1 atom stereocenters. The highest BCUT2D eigenvalue weighted by atomic mass is 19.4. The Morgan fingerprint density at radius 1 is 1.11 bits per heavy atom. The second kappa shape index (κ2) is 6.88. The van der Waals surface area contributed by atoms with Crippen molar-refractivity contribution in [1.82, 2.24) is 4.90 Å². The van der Waals surface area contributed by atoms with Crippen molar-refractivity contribution < 1.29 is 22.8 Å². The fourth-order valence-corrected chi connectivity index (χ4v) is 3.75. The minimum Gasteiger partial charge on any atom is -0.368 e. The third-order valence-corrected chi connectivity index (χ3v) is 5.16. The molecule has 1 saturated heterocycles. The van der Waals surface area contributed by atoms with E-state index in [1.807, 2.05) is 4.90 Å². The summed E-state index contributed by atoms with van der Waals surface area (Å²) >= 11 is 0. The molecule has 4 N–H and O–H groups in total. The summed E-state index contributed by atoms with van der Waals surface area (Å²) in [7, 11) is 0. The molecule has 0 spiro atoms. The molecule has 9 heteroatoms. The molecule has 3 rings (SSSR count). The van der Waals surface area contributed by atoms with Crippen molar-refractivity contribution in [3.63, 3.8) is 0 Å². The number of carbonyl (C=O) groups excluding carboxylic acids is 2. The number of nitrogens with zero attached hydrogens (tertiary/aromatic N) is 2. The zero-order valence-electron chi connectivity index (χ0n) is 14.6. The van der Waals surface area contributed by atoms with Crippen LogP contribution in [-0.2, 0) is 15.8 Å². The Morgan fingerprint density at radius 2 is 1.78 bits per heavy atom. The number of anilines is 1. The van der Waals surface area contributed by atoms with Gasteiger partial charge in [0, 0.05) is 24.4 Å². The lowest BCUT2D eigenvalue weighted by Gasteiger charge is -2.45. The molecule has 2 heterocycles. The van der Waals surface area contributed by atoms with Gasteiger partial charge in [0.2, 0.25) is 11.8 Å². The molecule has 2 amide bonds. The van der Waals surface area contributed by atoms with Gasteiger partial charge >= 0.3 is 6.18 Å². The molecule has 1 aromatic carbocycles. The highest BCUT2D eigenvalue weighted by Gasteiger charge is 2.46. The summed E-state index contributed by atoms with van der Waals surface area (Å²) < 4.78 is 39.2. The Labute approximate surface area is 154 Å². The summed E-state index contributed by atoms with van der Waals surface area (Å²) in [6.07, 6.45) is -1.26. The summed E-state index contributed by atoms with van der Waals surface area (Å²) in [5, 5.41) is 0. The maximum Gasteiger partial charge on any atom is 0.416 e. The van der Waals surface area contributed by atoms with Crippen molar-refractivity contribution >= 4 is 17.5 Å². The summed E-state index contributed by atoms with van der Waals surface area (Å²) in [5.41, 5.74) is 9.46. The van der Waals surface area contributed by atoms with E-state index >= 15 is 0 Å². The molecule has 0 saturated carbocycles. The van der Waals surface area contributed by atoms with Crippen molar-refractivity contribution in [3.8, 4) is 0 Å². The molecule has 6 nitrogen and oxygen atoms in total. The van der Waals surface area contributed by atoms with E-state index < -0.39 is 29.1 Å². The Kier molecular flexibility index (Phi) is 4.90. The molecule has 0 bridgehead atoms. The summed E-state index contributed by atoms with van der Waals surface area (Å²) in [6, 6.07) is 4.77. The fraction of sp³-hybridized carbons (Fsp3) is 0.444. The van der Waals surface area contributed by atoms with Crippen molar-refractivity contribution in [1.29, 1.82) is 0 Å². The van der Waals surface area contributed by atoms with Crippen LogP contribution in [0.1, 0.15) is 18.4 Å². The fourth-order valence-electron chi connectivity index (χ4n) is 3.75. The summed E-state index contributed by atoms with van der Waals surface area (Å²) in [5.74, 6) is -1.38. The third kappa shape index (κ3) is 3.64. The van der Waals surface area contributed by atoms with Crippen LogP contribution in [0.25, 0.3) is 0 Å². The predicted octanol–water partition coefficient (Wildman–Crippen LogP) is 1.26. The molecular weight excluding hydrogens is 361 g/mol. The Morgan fingerprint density at radius 3 is 2.33 bits per heavy atom. The van der Waals surface area contributed by atoms with Gasteiger partial charge in [0.1, 0.15) is 5.54 Å². The lowest BCUT2D eigenvalue weighted by Crippen LogP contribution is -2.64. The van der Waals surface area contributed by atoms with Crippen LogP contribution in [0.2, 0.25) is 0 Å². The van der Waals surface area contributed by atoms with Crippen LogP contribution in [0.4, 0.5) is 18.9 Å². The van der Waals surface area contributed by atoms with Crippen LogP contribution < -0.4 is 16.4 Å². The Bertz CT molecular complexity index is 787. The largest absolute Gasteiger partial charge is 0.416 e. The SMILES string of the molecule is NC(=O)C1=CC(C(N)=O)(N2CCCC2)CN(c2cccc(C(F)(F)F)c2)C1. The number of amides is 2. The zero-order valence-corrected chi connectivity index (χ0v) is 14.6. The number of rotatable bonds is 4. The lowest BCUT2D eigenvalue weighted by molar-refractivity contribution is -0.137. The molecule has 2 aliphatic heterocycles. The number of likely N-dealkylation sites (tertiary alicyclic amines) is 1. The van der Waals surface area contributed by atoms with E-state index in [9.17, 15) is 22.8 Å². The molecule has 1 unspecified atom stereocenters. The first-order valence-corrected chi connectivity index (χ1v) is 8.62. The Hall–Kier alpha value is -2.55. The lowest BCUT2D eigenvalue weighted by atomic mass is 9.88. The average Bonchev–Trinajstić information content (AvgIpc) is 3.15. The van der Waals surface area contributed by atoms with Crippen LogP contribution >= 0.6 is 0 Å². The van der Waals surface area contributed by atoms with Crippen LogP contribution in [0, 0.1) is 0 Å². The molecule has 27 heavy (non-hydrogen) atoms. The van der Waals surface area contributed by atoms with E-state index in [1.54, 1.807) is 4.90 Å². The smallest absolute Gasteiger partial charge is 0.368 e. The van der Waals surface area contributed by atoms with E-state index in [4.69, 9.17) is 11.5 Å². The van der Waals surface area contributed by atoms with Crippen molar-refractivity contribution in [2.24, 2.45) is 11.5 Å². The van der Waals surface area contributed by atoms with Crippen molar-refractivity contribution in [3.05, 3.63) is 41.5 Å². The van der Waals surface area contributed by atoms with Crippen LogP contribution in [0.3, 0.4) is 0 Å². The number of primary amides is 2. The highest BCUT2D eigenvalue weighted by Crippen LogP contribution is 2.35. The van der Waals surface area contributed by atoms with Gasteiger partial charge in [-0.15, -0.1) is 0 Å². The second-order valence-electron chi connectivity index (χ2n) is 6.92. The first-order chi connectivity index (χ1) is 12.6. The number of nitrogens with two attached hydrogens (primary N) is 2. The molecule has 2 aliphatic rings. The topological polar surface area (TPSA) is 92.7 Å². The van der Waals surface area contributed by atoms with E-state index in [-0.39, 0.29) is 24.4 Å². The molecule has 0 aliphatic carbocycles. The molecule has 1 fully saturated rings. The zero-order chi connectivity index (χ0) is 19.8. The molecule has 146 valence electrons. The molecular formula is C18H21F3N4O2. The van der Waals surface area contributed by atoms with E-state index in [0.717, 1.165) is 25.0 Å². The van der Waals surface area contributed by atoms with Crippen molar-refractivity contribution in [2.45, 2.75) is 24.6 Å². The van der Waals surface area contributed by atoms with Gasteiger partial charge in [0.05, 0.1) is 5.56 Å². The predicted molar refractivity (Wildman–Crippen MR) is 93.7 cm³/mol. The van der Waals surface area contributed by atoms with Gasteiger partial charge < -0.3 is 16.4 Å². The summed E-state index contributed by atoms with van der Waals surface area (Å²) in [4.78, 5) is 27.7. The number of hydrogen-bond acceptors (Lipinski definition) is 4. The van der Waals surface area contributed by atoms with Gasteiger partial charge in [0.25, 0.3) is 0 Å². The average molecular weight is 382 g/mol. The quantitative estimate of drug-likeness (QED) is 0.820. The van der Waals surface area contributed by atoms with Crippen LogP contribution in [-0.4, -0.2) is 48.4 Å². The van der Waals surface area contributed by atoms with Gasteiger partial charge in [-0.05, 0) is 50.2 Å². The second-order valence-corrected chi connectivity index (χ2v) is 6.92. The number of benzene rings is 1. The first kappa shape index (κ1) is 19.2. The van der Waals surface area contributed by atoms with E-state index in [0.29, 0.717) is 13.1 Å². The summed E-state index contributed by atoms with van der Waals surface area (Å²) in [6.45, 7) is 1.30. The normalized spacial score (nSPS) is 24.0. The van der Waals surface area contributed by atoms with Gasteiger partial charge in [0.15, 0.2) is 0 Å². The molecule has 0 radical (unpaired) electrons. The maximum atomic E-state index is 13.1. The van der Waals surface area contributed by atoms with Crippen molar-refractivity contribution in [2.75, 3.05) is 31.1 Å². The van der Waals surface area contributed by atoms with Gasteiger partial charge in [-0.25, -0.2) is 0 Å². The monoisotopic (exact) mass is 382 g/mol. The minimum absolute atomic E-state index is 0.0134. The Balaban J connectivity index is 2.05. The van der Waals surface area contributed by atoms with Gasteiger partial charge in [-0.1, -0.05) is 6.07 Å². The number of hydrogen-bond donors (Lipinski definition) is 2. The van der Waals surface area contributed by atoms with Gasteiger partial charge in [-0.2, -0.15) is 13.2 Å². The maximum absolute atomic E-state index is 13.1. The van der Waals surface area contributed by atoms with E-state index in [2.05, 4.69) is 0 Å². The third-order valence-electron chi connectivity index (χ3n) is 5.16. The van der Waals surface area contributed by atoms with Gasteiger partial charge in [-0.3, -0.25) is 14.5 Å². The van der Waals surface area contributed by atoms with Crippen LogP contribution in [0.5, 0.6) is 0 Å². The first-order valence-electron chi connectivity index (χ1n) is 8.62. The van der Waals surface area contributed by atoms with E-state index in [1.165, 1.54) is 18.2 Å².